The van der Waals surface area contributed by atoms with Gasteiger partial charge in [-0.2, -0.15) is 0 Å². The molecule has 0 aromatic carbocycles. The van der Waals surface area contributed by atoms with Gasteiger partial charge in [0.05, 0.1) is 24.7 Å². The average Bonchev–Trinajstić information content (AvgIpc) is 2.71. The lowest BCUT2D eigenvalue weighted by molar-refractivity contribution is 0.0840. The number of hydrogen-bond acceptors (Lipinski definition) is 4. The van der Waals surface area contributed by atoms with Gasteiger partial charge >= 0.3 is 0 Å². The molecule has 0 aliphatic heterocycles. The molecule has 0 fully saturated rings. The summed E-state index contributed by atoms with van der Waals surface area (Å²) in [7, 11) is 0. The molecule has 0 saturated carbocycles. The zero-order chi connectivity index (χ0) is 13.4. The smallest absolute Gasteiger partial charge is 0.261 e. The van der Waals surface area contributed by atoms with Gasteiger partial charge in [0.1, 0.15) is 0 Å². The summed E-state index contributed by atoms with van der Waals surface area (Å²) in [6.45, 7) is 5.41. The minimum atomic E-state index is -0.0435. The molecule has 1 heterocycles. The Morgan fingerprint density at radius 2 is 2.28 bits per heavy atom. The second-order valence-corrected chi connectivity index (χ2v) is 5.29. The van der Waals surface area contributed by atoms with E-state index >= 15 is 0 Å². The van der Waals surface area contributed by atoms with Gasteiger partial charge in [-0.05, 0) is 25.0 Å². The Labute approximate surface area is 112 Å². The minimum absolute atomic E-state index is 0.0123. The van der Waals surface area contributed by atoms with Crippen molar-refractivity contribution >= 4 is 17.2 Å². The van der Waals surface area contributed by atoms with Crippen molar-refractivity contribution in [2.24, 2.45) is 0 Å². The molecule has 0 bridgehead atoms. The second-order valence-electron chi connectivity index (χ2n) is 4.03. The molecule has 0 unspecified atom stereocenters. The molecule has 0 spiro atoms. The highest BCUT2D eigenvalue weighted by Gasteiger charge is 2.11. The molecule has 0 atom stereocenters. The van der Waals surface area contributed by atoms with Crippen molar-refractivity contribution in [1.82, 2.24) is 5.32 Å². The van der Waals surface area contributed by atoms with Crippen LogP contribution in [0.15, 0.2) is 6.07 Å². The van der Waals surface area contributed by atoms with E-state index in [9.17, 15) is 4.79 Å². The molecule has 4 nitrogen and oxygen atoms in total. The molecule has 0 radical (unpaired) electrons. The number of ether oxygens (including phenoxy) is 1. The number of aliphatic hydroxyl groups is 1. The third-order valence-electron chi connectivity index (χ3n) is 2.53. The summed E-state index contributed by atoms with van der Waals surface area (Å²) < 4.78 is 5.08. The van der Waals surface area contributed by atoms with E-state index in [1.165, 1.54) is 21.8 Å². The zero-order valence-electron chi connectivity index (χ0n) is 11.0. The van der Waals surface area contributed by atoms with Crippen LogP contribution in [0.25, 0.3) is 0 Å². The van der Waals surface area contributed by atoms with Crippen LogP contribution in [0.4, 0.5) is 0 Å². The van der Waals surface area contributed by atoms with E-state index in [0.717, 1.165) is 17.7 Å². The Hall–Kier alpha value is -0.910. The van der Waals surface area contributed by atoms with Gasteiger partial charge in [0.2, 0.25) is 0 Å². The maximum atomic E-state index is 11.8. The second kappa shape index (κ2) is 8.24. The molecule has 1 rings (SSSR count). The Balaban J connectivity index is 2.39. The third-order valence-corrected chi connectivity index (χ3v) is 3.62. The summed E-state index contributed by atoms with van der Waals surface area (Å²) in [5.41, 5.74) is 1.27. The molecule has 18 heavy (non-hydrogen) atoms. The summed E-state index contributed by atoms with van der Waals surface area (Å²) in [4.78, 5) is 13.8. The molecular formula is C13H21NO3S. The van der Waals surface area contributed by atoms with Gasteiger partial charge in [0.15, 0.2) is 0 Å². The topological polar surface area (TPSA) is 58.6 Å². The van der Waals surface area contributed by atoms with E-state index in [4.69, 9.17) is 9.84 Å². The van der Waals surface area contributed by atoms with Crippen molar-refractivity contribution < 1.29 is 14.6 Å². The monoisotopic (exact) mass is 271 g/mol. The summed E-state index contributed by atoms with van der Waals surface area (Å²) in [6.07, 6.45) is 2.11. The van der Waals surface area contributed by atoms with E-state index in [2.05, 4.69) is 19.2 Å². The van der Waals surface area contributed by atoms with Crippen LogP contribution >= 0.6 is 11.3 Å². The minimum Gasteiger partial charge on any atom is -0.394 e. The lowest BCUT2D eigenvalue weighted by atomic mass is 10.1. The molecule has 0 aliphatic rings. The van der Waals surface area contributed by atoms with Gasteiger partial charge < -0.3 is 15.2 Å². The van der Waals surface area contributed by atoms with Crippen molar-refractivity contribution in [3.8, 4) is 0 Å². The molecule has 1 aromatic rings. The fourth-order valence-corrected chi connectivity index (χ4v) is 2.63. The van der Waals surface area contributed by atoms with E-state index in [-0.39, 0.29) is 12.5 Å². The predicted molar refractivity (Wildman–Crippen MR) is 73.3 cm³/mol. The molecular weight excluding hydrogens is 250 g/mol. The lowest BCUT2D eigenvalue weighted by Gasteiger charge is -2.03. The van der Waals surface area contributed by atoms with Crippen molar-refractivity contribution in [3.05, 3.63) is 21.4 Å². The van der Waals surface area contributed by atoms with E-state index in [1.54, 1.807) is 0 Å². The Morgan fingerprint density at radius 3 is 2.94 bits per heavy atom. The van der Waals surface area contributed by atoms with Gasteiger partial charge in [-0.1, -0.05) is 13.3 Å². The van der Waals surface area contributed by atoms with Gasteiger partial charge in [0, 0.05) is 11.4 Å². The predicted octanol–water partition coefficient (Wildman–Crippen LogP) is 1.75. The van der Waals surface area contributed by atoms with E-state index < -0.39 is 0 Å². The first kappa shape index (κ1) is 15.1. The molecule has 102 valence electrons. The Morgan fingerprint density at radius 1 is 1.50 bits per heavy atom. The third kappa shape index (κ3) is 4.76. The molecule has 1 aromatic heterocycles. The van der Waals surface area contributed by atoms with Crippen LogP contribution in [0, 0.1) is 6.92 Å². The van der Waals surface area contributed by atoms with E-state index in [0.29, 0.717) is 19.8 Å². The van der Waals surface area contributed by atoms with Crippen LogP contribution < -0.4 is 5.32 Å². The highest BCUT2D eigenvalue weighted by atomic mass is 32.1. The molecule has 0 aliphatic carbocycles. The van der Waals surface area contributed by atoms with Gasteiger partial charge in [-0.15, -0.1) is 11.3 Å². The van der Waals surface area contributed by atoms with E-state index in [1.807, 2.05) is 6.07 Å². The number of aryl methyl sites for hydroxylation is 2. The Kier molecular flexibility index (Phi) is 6.93. The van der Waals surface area contributed by atoms with Crippen LogP contribution in [0.5, 0.6) is 0 Å². The average molecular weight is 271 g/mol. The van der Waals surface area contributed by atoms with Crippen LogP contribution in [0.1, 0.15) is 33.5 Å². The highest BCUT2D eigenvalue weighted by molar-refractivity contribution is 7.14. The van der Waals surface area contributed by atoms with Crippen LogP contribution in [0.3, 0.4) is 0 Å². The molecule has 1 amide bonds. The van der Waals surface area contributed by atoms with Crippen molar-refractivity contribution in [2.45, 2.75) is 26.7 Å². The van der Waals surface area contributed by atoms with Crippen molar-refractivity contribution in [2.75, 3.05) is 26.4 Å². The highest BCUT2D eigenvalue weighted by Crippen LogP contribution is 2.22. The SMILES string of the molecule is CCCc1cc(C(=O)NCCOCCO)sc1C. The largest absolute Gasteiger partial charge is 0.394 e. The maximum absolute atomic E-state index is 11.8. The first-order chi connectivity index (χ1) is 8.69. The van der Waals surface area contributed by atoms with Crippen molar-refractivity contribution in [3.63, 3.8) is 0 Å². The molecule has 0 saturated heterocycles. The lowest BCUT2D eigenvalue weighted by Crippen LogP contribution is -2.26. The fourth-order valence-electron chi connectivity index (χ4n) is 1.64. The summed E-state index contributed by atoms with van der Waals surface area (Å²) >= 11 is 1.54. The Bertz CT molecular complexity index is 376. The van der Waals surface area contributed by atoms with Gasteiger partial charge in [-0.3, -0.25) is 4.79 Å². The summed E-state index contributed by atoms with van der Waals surface area (Å²) in [5, 5.41) is 11.3. The first-order valence-corrected chi connectivity index (χ1v) is 7.06. The molecule has 5 heteroatoms. The van der Waals surface area contributed by atoms with Crippen LogP contribution in [-0.4, -0.2) is 37.4 Å². The number of carbonyl (C=O) groups is 1. The summed E-state index contributed by atoms with van der Waals surface area (Å²) in [5.74, 6) is -0.0435. The number of aliphatic hydroxyl groups excluding tert-OH is 1. The van der Waals surface area contributed by atoms with Crippen LogP contribution in [-0.2, 0) is 11.2 Å². The number of rotatable bonds is 8. The number of hydrogen-bond donors (Lipinski definition) is 2. The normalized spacial score (nSPS) is 10.6. The van der Waals surface area contributed by atoms with Gasteiger partial charge in [0.25, 0.3) is 5.91 Å². The zero-order valence-corrected chi connectivity index (χ0v) is 11.8. The van der Waals surface area contributed by atoms with Crippen LogP contribution in [0.2, 0.25) is 0 Å². The standard InChI is InChI=1S/C13H21NO3S/c1-3-4-11-9-12(18-10(11)2)13(16)14-5-7-17-8-6-15/h9,15H,3-8H2,1-2H3,(H,14,16). The van der Waals surface area contributed by atoms with Crippen molar-refractivity contribution in [1.29, 1.82) is 0 Å². The number of thiophene rings is 1. The maximum Gasteiger partial charge on any atom is 0.261 e. The number of amides is 1. The first-order valence-electron chi connectivity index (χ1n) is 6.25. The number of nitrogens with one attached hydrogen (secondary N) is 1. The molecule has 2 N–H and O–H groups in total. The summed E-state index contributed by atoms with van der Waals surface area (Å²) in [6, 6.07) is 1.98. The fraction of sp³-hybridized carbons (Fsp3) is 0.615. The number of carbonyl (C=O) groups excluding carboxylic acids is 1. The van der Waals surface area contributed by atoms with Gasteiger partial charge in [-0.25, -0.2) is 0 Å². The quantitative estimate of drug-likeness (QED) is 0.708.